The second-order valence-corrected chi connectivity index (χ2v) is 11.1. The van der Waals surface area contributed by atoms with Crippen LogP contribution in [0.4, 0.5) is 5.69 Å². The highest BCUT2D eigenvalue weighted by atomic mass is 16.2. The number of para-hydroxylation sites is 2. The first-order chi connectivity index (χ1) is 22.6. The number of anilines is 1. The minimum Gasteiger partial charge on any atom is -0.308 e. The van der Waals surface area contributed by atoms with E-state index in [1.54, 1.807) is 36.4 Å². The summed E-state index contributed by atoms with van der Waals surface area (Å²) in [4.78, 5) is 29.6. The zero-order chi connectivity index (χ0) is 31.4. The van der Waals surface area contributed by atoms with Gasteiger partial charge in [-0.05, 0) is 65.2 Å². The molecule has 1 aliphatic heterocycles. The van der Waals surface area contributed by atoms with E-state index in [9.17, 15) is 20.1 Å². The van der Waals surface area contributed by atoms with Gasteiger partial charge in [0.15, 0.2) is 0 Å². The van der Waals surface area contributed by atoms with Crippen LogP contribution in [0, 0.1) is 22.7 Å². The number of hydrogen-bond donors (Lipinski definition) is 0. The summed E-state index contributed by atoms with van der Waals surface area (Å²) in [7, 11) is 0. The average molecular weight is 591 g/mol. The van der Waals surface area contributed by atoms with Crippen LogP contribution in [0.5, 0.6) is 0 Å². The molecule has 2 heterocycles. The molecule has 0 aliphatic carbocycles. The van der Waals surface area contributed by atoms with Gasteiger partial charge in [-0.1, -0.05) is 84.9 Å². The summed E-state index contributed by atoms with van der Waals surface area (Å²) in [5, 5.41) is 21.3. The minimum absolute atomic E-state index is 0.318. The Hall–Kier alpha value is -6.76. The normalized spacial score (nSPS) is 12.3. The van der Waals surface area contributed by atoms with Gasteiger partial charge in [-0.15, -0.1) is 0 Å². The molecule has 214 valence electrons. The van der Waals surface area contributed by atoms with Crippen LogP contribution >= 0.6 is 0 Å². The second-order valence-electron chi connectivity index (χ2n) is 11.1. The summed E-state index contributed by atoms with van der Waals surface area (Å²) in [5.74, 6) is -0.782. The number of carbonyl (C=O) groups is 2. The lowest BCUT2D eigenvalue weighted by Gasteiger charge is -2.16. The molecule has 0 radical (unpaired) electrons. The Kier molecular flexibility index (Phi) is 6.10. The molecular weight excluding hydrogens is 568 g/mol. The standard InChI is InChI=1S/C40H22N4O2/c41-23-25-19-26(24-42)21-29(20-25)31-14-7-15-33-32-13-4-5-17-35(32)44(38(31)33)36-18-8-16-34-37(36)40(46)43(39(34)45)30-12-6-11-28(22-30)27-9-2-1-3-10-27/h1-22H. The van der Waals surface area contributed by atoms with Crippen molar-refractivity contribution in [2.24, 2.45) is 0 Å². The van der Waals surface area contributed by atoms with Crippen LogP contribution < -0.4 is 4.90 Å². The number of fused-ring (bicyclic) bond motifs is 4. The van der Waals surface area contributed by atoms with Crippen molar-refractivity contribution in [1.29, 1.82) is 10.5 Å². The molecule has 6 heteroatoms. The maximum Gasteiger partial charge on any atom is 0.268 e. The maximum atomic E-state index is 14.4. The first-order valence-electron chi connectivity index (χ1n) is 14.7. The Morgan fingerprint density at radius 3 is 1.96 bits per heavy atom. The Morgan fingerprint density at radius 2 is 1.17 bits per heavy atom. The highest BCUT2D eigenvalue weighted by molar-refractivity contribution is 6.36. The van der Waals surface area contributed by atoms with Gasteiger partial charge >= 0.3 is 0 Å². The third-order valence-electron chi connectivity index (χ3n) is 8.54. The van der Waals surface area contributed by atoms with Crippen molar-refractivity contribution >= 4 is 39.3 Å². The summed E-state index contributed by atoms with van der Waals surface area (Å²) < 4.78 is 2.03. The van der Waals surface area contributed by atoms with Crippen molar-refractivity contribution in [3.05, 3.63) is 156 Å². The fourth-order valence-electron chi connectivity index (χ4n) is 6.56. The van der Waals surface area contributed by atoms with Crippen LogP contribution in [-0.2, 0) is 0 Å². The lowest BCUT2D eigenvalue weighted by Crippen LogP contribution is -2.29. The fraction of sp³-hybridized carbons (Fsp3) is 0. The molecule has 0 N–H and O–H groups in total. The van der Waals surface area contributed by atoms with Crippen LogP contribution in [0.15, 0.2) is 133 Å². The van der Waals surface area contributed by atoms with E-state index >= 15 is 0 Å². The monoisotopic (exact) mass is 590 g/mol. The Bertz CT molecular complexity index is 2460. The zero-order valence-corrected chi connectivity index (χ0v) is 24.3. The SMILES string of the molecule is N#Cc1cc(C#N)cc(-c2cccc3c4ccccc4n(-c4cccc5c4C(=O)N(c4cccc(-c6ccccc6)c4)C5=O)c23)c1. The van der Waals surface area contributed by atoms with Gasteiger partial charge in [0.25, 0.3) is 11.8 Å². The first kappa shape index (κ1) is 26.8. The predicted molar refractivity (Wildman–Crippen MR) is 179 cm³/mol. The van der Waals surface area contributed by atoms with Crippen LogP contribution in [0.25, 0.3) is 49.7 Å². The number of aromatic nitrogens is 1. The molecule has 1 aliphatic rings. The smallest absolute Gasteiger partial charge is 0.268 e. The molecule has 7 aromatic rings. The summed E-state index contributed by atoms with van der Waals surface area (Å²) in [6.07, 6.45) is 0. The molecule has 46 heavy (non-hydrogen) atoms. The Labute approximate surface area is 264 Å². The lowest BCUT2D eigenvalue weighted by molar-refractivity contribution is 0.0926. The van der Waals surface area contributed by atoms with Gasteiger partial charge in [0, 0.05) is 16.3 Å². The quantitative estimate of drug-likeness (QED) is 0.192. The Balaban J connectivity index is 1.37. The number of imide groups is 1. The predicted octanol–water partition coefficient (Wildman–Crippen LogP) is 8.66. The summed E-state index contributed by atoms with van der Waals surface area (Å²) >= 11 is 0. The van der Waals surface area contributed by atoms with Gasteiger partial charge < -0.3 is 4.57 Å². The third kappa shape index (κ3) is 4.02. The minimum atomic E-state index is -0.400. The van der Waals surface area contributed by atoms with Crippen molar-refractivity contribution in [2.45, 2.75) is 0 Å². The highest BCUT2D eigenvalue weighted by Gasteiger charge is 2.39. The van der Waals surface area contributed by atoms with E-state index in [1.165, 1.54) is 4.90 Å². The summed E-state index contributed by atoms with van der Waals surface area (Å²) in [6.45, 7) is 0. The van der Waals surface area contributed by atoms with Crippen LogP contribution in [-0.4, -0.2) is 16.4 Å². The molecule has 0 saturated heterocycles. The highest BCUT2D eigenvalue weighted by Crippen LogP contribution is 2.41. The van der Waals surface area contributed by atoms with Crippen molar-refractivity contribution in [3.63, 3.8) is 0 Å². The first-order valence-corrected chi connectivity index (χ1v) is 14.7. The van der Waals surface area contributed by atoms with E-state index in [0.29, 0.717) is 39.2 Å². The summed E-state index contributed by atoms with van der Waals surface area (Å²) in [5.41, 5.74) is 7.54. The second kappa shape index (κ2) is 10.4. The van der Waals surface area contributed by atoms with Gasteiger partial charge in [0.1, 0.15) is 0 Å². The molecular formula is C40H22N4O2. The third-order valence-corrected chi connectivity index (χ3v) is 8.54. The molecule has 0 fully saturated rings. The fourth-order valence-corrected chi connectivity index (χ4v) is 6.56. The molecule has 6 nitrogen and oxygen atoms in total. The van der Waals surface area contributed by atoms with Crippen molar-refractivity contribution in [3.8, 4) is 40.1 Å². The largest absolute Gasteiger partial charge is 0.308 e. The number of nitriles is 2. The Morgan fingerprint density at radius 1 is 0.522 bits per heavy atom. The summed E-state index contributed by atoms with van der Waals surface area (Å²) in [6, 6.07) is 45.9. The van der Waals surface area contributed by atoms with E-state index in [-0.39, 0.29) is 5.91 Å². The number of hydrogen-bond acceptors (Lipinski definition) is 4. The van der Waals surface area contributed by atoms with Crippen molar-refractivity contribution in [1.82, 2.24) is 4.57 Å². The molecule has 0 unspecified atom stereocenters. The topological polar surface area (TPSA) is 89.9 Å². The van der Waals surface area contributed by atoms with E-state index in [1.807, 2.05) is 102 Å². The van der Waals surface area contributed by atoms with Gasteiger partial charge in [-0.25, -0.2) is 4.90 Å². The van der Waals surface area contributed by atoms with E-state index in [4.69, 9.17) is 0 Å². The number of rotatable bonds is 4. The number of amides is 2. The van der Waals surface area contributed by atoms with Gasteiger partial charge in [-0.2, -0.15) is 10.5 Å². The molecule has 6 aromatic carbocycles. The molecule has 0 atom stereocenters. The molecule has 0 spiro atoms. The molecule has 8 rings (SSSR count). The van der Waals surface area contributed by atoms with E-state index in [0.717, 1.165) is 38.5 Å². The van der Waals surface area contributed by atoms with Crippen LogP contribution in [0.1, 0.15) is 31.8 Å². The average Bonchev–Trinajstić information content (AvgIpc) is 3.59. The zero-order valence-electron chi connectivity index (χ0n) is 24.3. The van der Waals surface area contributed by atoms with E-state index in [2.05, 4.69) is 12.1 Å². The molecule has 0 saturated carbocycles. The maximum absolute atomic E-state index is 14.4. The number of benzene rings is 6. The molecule has 2 amide bonds. The van der Waals surface area contributed by atoms with Crippen LogP contribution in [0.2, 0.25) is 0 Å². The number of nitrogens with zero attached hydrogens (tertiary/aromatic N) is 4. The molecule has 1 aromatic heterocycles. The van der Waals surface area contributed by atoms with Crippen LogP contribution in [0.3, 0.4) is 0 Å². The number of carbonyl (C=O) groups excluding carboxylic acids is 2. The van der Waals surface area contributed by atoms with E-state index < -0.39 is 5.91 Å². The van der Waals surface area contributed by atoms with Gasteiger partial charge in [0.2, 0.25) is 0 Å². The van der Waals surface area contributed by atoms with Crippen molar-refractivity contribution in [2.75, 3.05) is 4.90 Å². The van der Waals surface area contributed by atoms with Crippen molar-refractivity contribution < 1.29 is 9.59 Å². The van der Waals surface area contributed by atoms with Gasteiger partial charge in [0.05, 0.1) is 56.8 Å². The lowest BCUT2D eigenvalue weighted by atomic mass is 9.98. The van der Waals surface area contributed by atoms with Gasteiger partial charge in [-0.3, -0.25) is 9.59 Å². The molecule has 0 bridgehead atoms.